The third-order valence-corrected chi connectivity index (χ3v) is 3.71. The monoisotopic (exact) mass is 254 g/mol. The average Bonchev–Trinajstić information content (AvgIpc) is 2.58. The van der Waals surface area contributed by atoms with E-state index in [1.807, 2.05) is 11.6 Å². The van der Waals surface area contributed by atoms with Crippen molar-refractivity contribution >= 4 is 27.0 Å². The quantitative estimate of drug-likeness (QED) is 0.841. The fourth-order valence-electron chi connectivity index (χ4n) is 1.60. The molecule has 1 heterocycles. The highest BCUT2D eigenvalue weighted by atomic mass is 32.2. The molecule has 90 valence electrons. The highest BCUT2D eigenvalue weighted by molar-refractivity contribution is 7.90. The number of rotatable bonds is 2. The van der Waals surface area contributed by atoms with Crippen molar-refractivity contribution in [1.82, 2.24) is 9.29 Å². The summed E-state index contributed by atoms with van der Waals surface area (Å²) in [6, 6.07) is 6.19. The van der Waals surface area contributed by atoms with Gasteiger partial charge in [-0.1, -0.05) is 0 Å². The Labute approximate surface area is 97.5 Å². The molecule has 17 heavy (non-hydrogen) atoms. The number of aryl methyl sites for hydroxylation is 1. The number of aromatic nitrogens is 1. The third-order valence-electron chi connectivity index (χ3n) is 2.39. The van der Waals surface area contributed by atoms with Crippen LogP contribution >= 0.6 is 0 Å². The van der Waals surface area contributed by atoms with Crippen molar-refractivity contribution < 1.29 is 18.3 Å². The molecule has 2 rings (SSSR count). The lowest BCUT2D eigenvalue weighted by atomic mass is 10.2. The van der Waals surface area contributed by atoms with E-state index in [1.54, 1.807) is 18.3 Å². The Kier molecular flexibility index (Phi) is 2.55. The first kappa shape index (κ1) is 11.5. The number of hydrogen-bond acceptors (Lipinski definition) is 3. The van der Waals surface area contributed by atoms with Gasteiger partial charge in [-0.25, -0.2) is 17.9 Å². The lowest BCUT2D eigenvalue weighted by Crippen LogP contribution is -2.28. The molecule has 2 N–H and O–H groups in total. The summed E-state index contributed by atoms with van der Waals surface area (Å²) in [7, 11) is -2.16. The SMILES string of the molecule is Cn1ccc2cc(S(=O)(=O)NC(=O)O)ccc21. The number of amides is 1. The molecule has 0 bridgehead atoms. The van der Waals surface area contributed by atoms with Gasteiger partial charge in [0.1, 0.15) is 0 Å². The summed E-state index contributed by atoms with van der Waals surface area (Å²) in [5.74, 6) is 0. The van der Waals surface area contributed by atoms with Gasteiger partial charge in [0.2, 0.25) is 0 Å². The lowest BCUT2D eigenvalue weighted by molar-refractivity contribution is 0.201. The summed E-state index contributed by atoms with van der Waals surface area (Å²) in [6.07, 6.45) is 0.198. The van der Waals surface area contributed by atoms with Crippen LogP contribution in [-0.4, -0.2) is 24.2 Å². The Balaban J connectivity index is 2.53. The number of nitrogens with zero attached hydrogens (tertiary/aromatic N) is 1. The highest BCUT2D eigenvalue weighted by Crippen LogP contribution is 2.19. The van der Waals surface area contributed by atoms with E-state index in [1.165, 1.54) is 16.9 Å². The molecule has 1 aromatic carbocycles. The molecular weight excluding hydrogens is 244 g/mol. The molecule has 0 saturated carbocycles. The zero-order valence-electron chi connectivity index (χ0n) is 8.91. The zero-order valence-corrected chi connectivity index (χ0v) is 9.73. The van der Waals surface area contributed by atoms with Crippen molar-refractivity contribution in [2.24, 2.45) is 7.05 Å². The van der Waals surface area contributed by atoms with Crippen LogP contribution in [0, 0.1) is 0 Å². The minimum Gasteiger partial charge on any atom is -0.464 e. The molecule has 0 radical (unpaired) electrons. The van der Waals surface area contributed by atoms with Crippen molar-refractivity contribution in [3.8, 4) is 0 Å². The average molecular weight is 254 g/mol. The Morgan fingerprint density at radius 1 is 1.35 bits per heavy atom. The van der Waals surface area contributed by atoms with E-state index < -0.39 is 16.1 Å². The molecule has 1 aromatic heterocycles. The fourth-order valence-corrected chi connectivity index (χ4v) is 2.48. The lowest BCUT2D eigenvalue weighted by Gasteiger charge is -2.04. The summed E-state index contributed by atoms with van der Waals surface area (Å²) in [5.41, 5.74) is 0.874. The minimum atomic E-state index is -4.00. The van der Waals surface area contributed by atoms with E-state index in [9.17, 15) is 13.2 Å². The molecular formula is C10H10N2O4S. The normalized spacial score (nSPS) is 11.6. The van der Waals surface area contributed by atoms with Gasteiger partial charge in [-0.2, -0.15) is 0 Å². The molecule has 7 heteroatoms. The molecule has 0 aliphatic rings. The van der Waals surface area contributed by atoms with Crippen LogP contribution in [0.1, 0.15) is 0 Å². The van der Waals surface area contributed by atoms with Crippen molar-refractivity contribution in [1.29, 1.82) is 0 Å². The number of carboxylic acid groups (broad SMARTS) is 1. The van der Waals surface area contributed by atoms with Gasteiger partial charge < -0.3 is 9.67 Å². The maximum Gasteiger partial charge on any atom is 0.418 e. The second-order valence-corrected chi connectivity index (χ2v) is 5.24. The van der Waals surface area contributed by atoms with Gasteiger partial charge in [-0.15, -0.1) is 0 Å². The third kappa shape index (κ3) is 2.09. The summed E-state index contributed by atoms with van der Waals surface area (Å²) < 4.78 is 26.5. The fraction of sp³-hybridized carbons (Fsp3) is 0.100. The van der Waals surface area contributed by atoms with Gasteiger partial charge in [0.15, 0.2) is 0 Å². The molecule has 0 aliphatic heterocycles. The number of nitrogens with one attached hydrogen (secondary N) is 1. The molecule has 0 aliphatic carbocycles. The summed E-state index contributed by atoms with van der Waals surface area (Å²) in [4.78, 5) is 10.3. The van der Waals surface area contributed by atoms with Crippen LogP contribution in [0.4, 0.5) is 4.79 Å². The van der Waals surface area contributed by atoms with Crippen LogP contribution in [0.3, 0.4) is 0 Å². The van der Waals surface area contributed by atoms with E-state index in [0.29, 0.717) is 0 Å². The molecule has 2 aromatic rings. The van der Waals surface area contributed by atoms with E-state index in [-0.39, 0.29) is 4.90 Å². The van der Waals surface area contributed by atoms with Crippen LogP contribution in [0.2, 0.25) is 0 Å². The van der Waals surface area contributed by atoms with Crippen molar-refractivity contribution in [3.63, 3.8) is 0 Å². The molecule has 6 nitrogen and oxygen atoms in total. The van der Waals surface area contributed by atoms with E-state index >= 15 is 0 Å². The maximum absolute atomic E-state index is 11.6. The van der Waals surface area contributed by atoms with Crippen LogP contribution in [0.25, 0.3) is 10.9 Å². The second-order valence-electron chi connectivity index (χ2n) is 3.56. The summed E-state index contributed by atoms with van der Waals surface area (Å²) in [5, 5.41) is 9.17. The van der Waals surface area contributed by atoms with Gasteiger partial charge in [0, 0.05) is 24.1 Å². The summed E-state index contributed by atoms with van der Waals surface area (Å²) >= 11 is 0. The molecule has 1 amide bonds. The number of hydrogen-bond donors (Lipinski definition) is 2. The standard InChI is InChI=1S/C10H10N2O4S/c1-12-5-4-7-6-8(2-3-9(7)12)17(15,16)11-10(13)14/h2-6,11H,1H3,(H,13,14). The van der Waals surface area contributed by atoms with E-state index in [0.717, 1.165) is 10.9 Å². The van der Waals surface area contributed by atoms with Crippen molar-refractivity contribution in [2.45, 2.75) is 4.90 Å². The van der Waals surface area contributed by atoms with Crippen LogP contribution < -0.4 is 4.72 Å². The van der Waals surface area contributed by atoms with Gasteiger partial charge >= 0.3 is 6.09 Å². The molecule has 0 saturated heterocycles. The maximum atomic E-state index is 11.6. The van der Waals surface area contributed by atoms with Crippen LogP contribution in [-0.2, 0) is 17.1 Å². The predicted octanol–water partition coefficient (Wildman–Crippen LogP) is 1.13. The zero-order chi connectivity index (χ0) is 12.6. The van der Waals surface area contributed by atoms with Crippen molar-refractivity contribution in [3.05, 3.63) is 30.5 Å². The largest absolute Gasteiger partial charge is 0.464 e. The Bertz CT molecular complexity index is 687. The smallest absolute Gasteiger partial charge is 0.418 e. The first-order valence-electron chi connectivity index (χ1n) is 4.71. The Hall–Kier alpha value is -2.02. The molecule has 0 unspecified atom stereocenters. The highest BCUT2D eigenvalue weighted by Gasteiger charge is 2.17. The first-order valence-corrected chi connectivity index (χ1v) is 6.19. The first-order chi connectivity index (χ1) is 7.90. The second kappa shape index (κ2) is 3.77. The Morgan fingerprint density at radius 3 is 2.71 bits per heavy atom. The number of carbonyl (C=O) groups is 1. The number of sulfonamides is 1. The van der Waals surface area contributed by atoms with Crippen LogP contribution in [0.15, 0.2) is 35.4 Å². The van der Waals surface area contributed by atoms with Gasteiger partial charge in [0.25, 0.3) is 10.0 Å². The van der Waals surface area contributed by atoms with E-state index in [4.69, 9.17) is 5.11 Å². The molecule has 0 atom stereocenters. The number of benzene rings is 1. The van der Waals surface area contributed by atoms with Gasteiger partial charge in [-0.3, -0.25) is 0 Å². The minimum absolute atomic E-state index is 0.0707. The van der Waals surface area contributed by atoms with Gasteiger partial charge in [-0.05, 0) is 24.3 Å². The van der Waals surface area contributed by atoms with Crippen LogP contribution in [0.5, 0.6) is 0 Å². The Morgan fingerprint density at radius 2 is 2.06 bits per heavy atom. The summed E-state index contributed by atoms with van der Waals surface area (Å²) in [6.45, 7) is 0. The van der Waals surface area contributed by atoms with Crippen molar-refractivity contribution in [2.75, 3.05) is 0 Å². The van der Waals surface area contributed by atoms with E-state index in [2.05, 4.69) is 0 Å². The van der Waals surface area contributed by atoms with Gasteiger partial charge in [0.05, 0.1) is 4.90 Å². The molecule has 0 fully saturated rings. The topological polar surface area (TPSA) is 88.4 Å². The predicted molar refractivity (Wildman–Crippen MR) is 61.3 cm³/mol. The molecule has 0 spiro atoms. The number of fused-ring (bicyclic) bond motifs is 1.